The molecule has 0 saturated carbocycles. The maximum Gasteiger partial charge on any atom is 0.322 e. The Hall–Kier alpha value is -2.33. The summed E-state index contributed by atoms with van der Waals surface area (Å²) in [5.41, 5.74) is 8.66. The highest BCUT2D eigenvalue weighted by atomic mass is 16.2. The molecule has 4 heteroatoms. The molecule has 0 atom stereocenters. The first-order valence-corrected chi connectivity index (χ1v) is 7.05. The van der Waals surface area contributed by atoms with Crippen LogP contribution in [-0.2, 0) is 6.54 Å². The summed E-state index contributed by atoms with van der Waals surface area (Å²) in [7, 11) is 0. The van der Waals surface area contributed by atoms with E-state index in [9.17, 15) is 4.79 Å². The largest absolute Gasteiger partial charge is 0.329 e. The van der Waals surface area contributed by atoms with E-state index >= 15 is 0 Å². The lowest BCUT2D eigenvalue weighted by atomic mass is 10.2. The van der Waals surface area contributed by atoms with Gasteiger partial charge in [-0.1, -0.05) is 48.0 Å². The van der Waals surface area contributed by atoms with Crippen molar-refractivity contribution < 1.29 is 4.79 Å². The number of carbonyl (C=O) groups excluding carboxylic acids is 1. The van der Waals surface area contributed by atoms with Crippen molar-refractivity contribution in [1.29, 1.82) is 0 Å². The summed E-state index contributed by atoms with van der Waals surface area (Å²) >= 11 is 0. The molecule has 0 spiro atoms. The highest BCUT2D eigenvalue weighted by Gasteiger charge is 2.13. The number of hydrogen-bond donors (Lipinski definition) is 2. The van der Waals surface area contributed by atoms with E-state index in [0.717, 1.165) is 16.8 Å². The molecule has 2 rings (SSSR count). The SMILES string of the molecule is Cc1ccc(NC(=O)N(CCN)Cc2ccccc2)cc1. The van der Waals surface area contributed by atoms with Crippen molar-refractivity contribution in [2.45, 2.75) is 13.5 Å². The van der Waals surface area contributed by atoms with Crippen LogP contribution < -0.4 is 11.1 Å². The zero-order valence-electron chi connectivity index (χ0n) is 12.3. The second-order valence-corrected chi connectivity index (χ2v) is 4.99. The van der Waals surface area contributed by atoms with Gasteiger partial charge in [-0.2, -0.15) is 0 Å². The van der Waals surface area contributed by atoms with Gasteiger partial charge < -0.3 is 16.0 Å². The Labute approximate surface area is 125 Å². The molecule has 0 aliphatic rings. The number of benzene rings is 2. The third kappa shape index (κ3) is 4.61. The summed E-state index contributed by atoms with van der Waals surface area (Å²) < 4.78 is 0. The average molecular weight is 283 g/mol. The molecule has 0 aromatic heterocycles. The fraction of sp³-hybridized carbons (Fsp3) is 0.235. The van der Waals surface area contributed by atoms with Gasteiger partial charge in [0.25, 0.3) is 0 Å². The summed E-state index contributed by atoms with van der Waals surface area (Å²) in [5.74, 6) is 0. The molecule has 0 aliphatic carbocycles. The molecule has 0 fully saturated rings. The Kier molecular flexibility index (Phi) is 5.35. The number of rotatable bonds is 5. The monoisotopic (exact) mass is 283 g/mol. The molecule has 0 saturated heterocycles. The molecular formula is C17H21N3O. The van der Waals surface area contributed by atoms with Gasteiger partial charge in [0, 0.05) is 25.3 Å². The van der Waals surface area contributed by atoms with Crippen molar-refractivity contribution in [1.82, 2.24) is 4.90 Å². The normalized spacial score (nSPS) is 10.2. The molecule has 3 N–H and O–H groups in total. The zero-order chi connectivity index (χ0) is 15.1. The van der Waals surface area contributed by atoms with E-state index in [-0.39, 0.29) is 6.03 Å². The number of carbonyl (C=O) groups is 1. The van der Waals surface area contributed by atoms with E-state index in [1.165, 1.54) is 0 Å². The predicted molar refractivity (Wildman–Crippen MR) is 86.1 cm³/mol. The predicted octanol–water partition coefficient (Wildman–Crippen LogP) is 2.99. The van der Waals surface area contributed by atoms with Crippen molar-refractivity contribution >= 4 is 11.7 Å². The molecule has 110 valence electrons. The third-order valence-electron chi connectivity index (χ3n) is 3.21. The number of urea groups is 1. The maximum absolute atomic E-state index is 12.4. The summed E-state index contributed by atoms with van der Waals surface area (Å²) in [6.07, 6.45) is 0. The number of nitrogens with one attached hydrogen (secondary N) is 1. The zero-order valence-corrected chi connectivity index (χ0v) is 12.3. The van der Waals surface area contributed by atoms with Gasteiger partial charge >= 0.3 is 6.03 Å². The second-order valence-electron chi connectivity index (χ2n) is 4.99. The summed E-state index contributed by atoms with van der Waals surface area (Å²) in [4.78, 5) is 14.1. The molecule has 0 bridgehead atoms. The van der Waals surface area contributed by atoms with Gasteiger partial charge in [-0.05, 0) is 24.6 Å². The number of anilines is 1. The van der Waals surface area contributed by atoms with Crippen LogP contribution in [0.1, 0.15) is 11.1 Å². The van der Waals surface area contributed by atoms with E-state index in [1.807, 2.05) is 61.5 Å². The molecule has 0 unspecified atom stereocenters. The molecule has 2 aromatic rings. The maximum atomic E-state index is 12.4. The Bertz CT molecular complexity index is 566. The lowest BCUT2D eigenvalue weighted by Crippen LogP contribution is -2.37. The fourth-order valence-corrected chi connectivity index (χ4v) is 2.05. The summed E-state index contributed by atoms with van der Waals surface area (Å²) in [6.45, 7) is 3.53. The van der Waals surface area contributed by atoms with Gasteiger partial charge in [0.05, 0.1) is 0 Å². The minimum Gasteiger partial charge on any atom is -0.329 e. The van der Waals surface area contributed by atoms with E-state index in [2.05, 4.69) is 5.32 Å². The van der Waals surface area contributed by atoms with E-state index in [1.54, 1.807) is 4.90 Å². The van der Waals surface area contributed by atoms with Crippen LogP contribution in [0.2, 0.25) is 0 Å². The van der Waals surface area contributed by atoms with Gasteiger partial charge in [-0.3, -0.25) is 0 Å². The molecule has 4 nitrogen and oxygen atoms in total. The van der Waals surface area contributed by atoms with Crippen LogP contribution in [-0.4, -0.2) is 24.0 Å². The highest BCUT2D eigenvalue weighted by Crippen LogP contribution is 2.11. The Morgan fingerprint density at radius 1 is 1.10 bits per heavy atom. The van der Waals surface area contributed by atoms with Crippen LogP contribution in [0.3, 0.4) is 0 Å². The second kappa shape index (κ2) is 7.45. The molecule has 0 radical (unpaired) electrons. The number of amides is 2. The number of hydrogen-bond acceptors (Lipinski definition) is 2. The van der Waals surface area contributed by atoms with E-state index in [4.69, 9.17) is 5.73 Å². The van der Waals surface area contributed by atoms with Gasteiger partial charge in [-0.25, -0.2) is 4.79 Å². The van der Waals surface area contributed by atoms with Crippen molar-refractivity contribution in [2.75, 3.05) is 18.4 Å². The van der Waals surface area contributed by atoms with Crippen LogP contribution >= 0.6 is 0 Å². The third-order valence-corrected chi connectivity index (χ3v) is 3.21. The lowest BCUT2D eigenvalue weighted by Gasteiger charge is -2.22. The Morgan fingerprint density at radius 2 is 1.76 bits per heavy atom. The molecule has 21 heavy (non-hydrogen) atoms. The van der Waals surface area contributed by atoms with Gasteiger partial charge in [0.15, 0.2) is 0 Å². The summed E-state index contributed by atoms with van der Waals surface area (Å²) in [5, 5.41) is 2.91. The molecule has 2 aromatic carbocycles. The first kappa shape index (κ1) is 15.1. The highest BCUT2D eigenvalue weighted by molar-refractivity contribution is 5.89. The smallest absolute Gasteiger partial charge is 0.322 e. The standard InChI is InChI=1S/C17H21N3O/c1-14-7-9-16(10-8-14)19-17(21)20(12-11-18)13-15-5-3-2-4-6-15/h2-10H,11-13,18H2,1H3,(H,19,21). The van der Waals surface area contributed by atoms with Crippen molar-refractivity contribution in [3.05, 3.63) is 65.7 Å². The first-order valence-electron chi connectivity index (χ1n) is 7.05. The topological polar surface area (TPSA) is 58.4 Å². The van der Waals surface area contributed by atoms with Crippen LogP contribution in [0.15, 0.2) is 54.6 Å². The molecule has 0 aliphatic heterocycles. The van der Waals surface area contributed by atoms with E-state index < -0.39 is 0 Å². The van der Waals surface area contributed by atoms with E-state index in [0.29, 0.717) is 19.6 Å². The van der Waals surface area contributed by atoms with Crippen molar-refractivity contribution in [3.8, 4) is 0 Å². The summed E-state index contributed by atoms with van der Waals surface area (Å²) in [6, 6.07) is 17.5. The molecular weight excluding hydrogens is 262 g/mol. The Balaban J connectivity index is 2.03. The van der Waals surface area contributed by atoms with Crippen LogP contribution in [0.4, 0.5) is 10.5 Å². The lowest BCUT2D eigenvalue weighted by molar-refractivity contribution is 0.210. The fourth-order valence-electron chi connectivity index (χ4n) is 2.05. The average Bonchev–Trinajstić information content (AvgIpc) is 2.50. The van der Waals surface area contributed by atoms with Gasteiger partial charge in [0.1, 0.15) is 0 Å². The molecule has 0 heterocycles. The minimum absolute atomic E-state index is 0.131. The number of nitrogens with two attached hydrogens (primary N) is 1. The number of aryl methyl sites for hydroxylation is 1. The first-order chi connectivity index (χ1) is 10.2. The van der Waals surface area contributed by atoms with Crippen LogP contribution in [0.5, 0.6) is 0 Å². The van der Waals surface area contributed by atoms with Crippen LogP contribution in [0.25, 0.3) is 0 Å². The molecule has 2 amide bonds. The quantitative estimate of drug-likeness (QED) is 0.886. The van der Waals surface area contributed by atoms with Crippen molar-refractivity contribution in [2.24, 2.45) is 5.73 Å². The number of nitrogens with zero attached hydrogens (tertiary/aromatic N) is 1. The van der Waals surface area contributed by atoms with Crippen molar-refractivity contribution in [3.63, 3.8) is 0 Å². The van der Waals surface area contributed by atoms with Crippen LogP contribution in [0, 0.1) is 6.92 Å². The minimum atomic E-state index is -0.131. The van der Waals surface area contributed by atoms with Gasteiger partial charge in [-0.15, -0.1) is 0 Å². The Morgan fingerprint density at radius 3 is 2.38 bits per heavy atom. The van der Waals surface area contributed by atoms with Gasteiger partial charge in [0.2, 0.25) is 0 Å².